The van der Waals surface area contributed by atoms with Gasteiger partial charge in [0.05, 0.1) is 0 Å². The van der Waals surface area contributed by atoms with Gasteiger partial charge in [0.15, 0.2) is 0 Å². The third kappa shape index (κ3) is 5.59. The number of carbonyl (C=O) groups is 1. The van der Waals surface area contributed by atoms with Gasteiger partial charge in [0.2, 0.25) is 0 Å². The first kappa shape index (κ1) is 26.4. The molecule has 6 nitrogen and oxygen atoms in total. The third-order valence-corrected chi connectivity index (χ3v) is 9.04. The van der Waals surface area contributed by atoms with E-state index >= 15 is 0 Å². The second-order valence-corrected chi connectivity index (χ2v) is 11.7. The summed E-state index contributed by atoms with van der Waals surface area (Å²) < 4.78 is 2.52. The van der Waals surface area contributed by atoms with E-state index < -0.39 is 5.91 Å². The molecule has 2 N–H and O–H groups in total. The molecule has 1 saturated heterocycles. The first-order valence-electron chi connectivity index (χ1n) is 13.9. The van der Waals surface area contributed by atoms with Crippen LogP contribution in [-0.4, -0.2) is 38.7 Å². The van der Waals surface area contributed by atoms with Gasteiger partial charge in [0.25, 0.3) is 5.91 Å². The Kier molecular flexibility index (Phi) is 7.77. The fraction of sp³-hybridized carbons (Fsp3) is 0.273. The van der Waals surface area contributed by atoms with Crippen LogP contribution in [0.4, 0.5) is 0 Å². The van der Waals surface area contributed by atoms with Crippen LogP contribution in [0.25, 0.3) is 21.5 Å². The summed E-state index contributed by atoms with van der Waals surface area (Å²) >= 11 is 1.69. The van der Waals surface area contributed by atoms with Gasteiger partial charge in [-0.1, -0.05) is 48.5 Å². The molecule has 0 atom stereocenters. The Morgan fingerprint density at radius 1 is 1.02 bits per heavy atom. The van der Waals surface area contributed by atoms with Crippen molar-refractivity contribution < 1.29 is 10.0 Å². The Morgan fingerprint density at radius 2 is 1.82 bits per heavy atom. The van der Waals surface area contributed by atoms with E-state index in [9.17, 15) is 4.79 Å². The summed E-state index contributed by atoms with van der Waals surface area (Å²) in [5.74, 6) is 0.158. The van der Waals surface area contributed by atoms with Crippen molar-refractivity contribution in [2.75, 3.05) is 13.1 Å². The molecule has 0 bridgehead atoms. The van der Waals surface area contributed by atoms with Crippen molar-refractivity contribution in [2.45, 2.75) is 39.3 Å². The van der Waals surface area contributed by atoms with Crippen LogP contribution in [-0.2, 0) is 19.5 Å². The van der Waals surface area contributed by atoms with E-state index in [1.165, 1.54) is 46.1 Å². The highest BCUT2D eigenvalue weighted by atomic mass is 32.1. The molecule has 204 valence electrons. The minimum Gasteiger partial charge on any atom is -0.344 e. The van der Waals surface area contributed by atoms with Gasteiger partial charge in [-0.3, -0.25) is 14.9 Å². The Hall–Kier alpha value is -3.78. The Balaban J connectivity index is 1.13. The van der Waals surface area contributed by atoms with Crippen LogP contribution in [0.1, 0.15) is 45.6 Å². The second-order valence-electron chi connectivity index (χ2n) is 10.8. The molecule has 1 fully saturated rings. The maximum Gasteiger partial charge on any atom is 0.274 e. The molecular weight excluding hydrogens is 516 g/mol. The number of rotatable bonds is 8. The molecule has 1 aliphatic rings. The lowest BCUT2D eigenvalue weighted by molar-refractivity contribution is 0.0706. The van der Waals surface area contributed by atoms with Crippen molar-refractivity contribution in [1.82, 2.24) is 19.9 Å². The molecule has 3 heterocycles. The van der Waals surface area contributed by atoms with Crippen LogP contribution in [0.2, 0.25) is 0 Å². The molecule has 0 spiro atoms. The first-order valence-corrected chi connectivity index (χ1v) is 14.8. The predicted octanol–water partition coefficient (Wildman–Crippen LogP) is 6.70. The quantitative estimate of drug-likeness (QED) is 0.167. The second kappa shape index (κ2) is 11.8. The van der Waals surface area contributed by atoms with Crippen LogP contribution >= 0.6 is 11.3 Å². The van der Waals surface area contributed by atoms with Gasteiger partial charge in [-0.15, -0.1) is 11.3 Å². The van der Waals surface area contributed by atoms with Crippen molar-refractivity contribution >= 4 is 28.1 Å². The van der Waals surface area contributed by atoms with E-state index in [2.05, 4.69) is 69.9 Å². The number of fused-ring (bicyclic) bond motifs is 1. The number of benzene rings is 3. The Bertz CT molecular complexity index is 1600. The SMILES string of the molecule is Cc1c(Cc2ccc(C(=O)NO)cc2)c2ccccc2n1CC1CCN(Cc2cccc(-c3nccs3)c2)CC1. The number of aromatic nitrogens is 2. The van der Waals surface area contributed by atoms with E-state index in [-0.39, 0.29) is 0 Å². The molecule has 7 heteroatoms. The summed E-state index contributed by atoms with van der Waals surface area (Å²) in [6.45, 7) is 6.50. The highest BCUT2D eigenvalue weighted by Crippen LogP contribution is 2.31. The van der Waals surface area contributed by atoms with Gasteiger partial charge >= 0.3 is 0 Å². The number of hydrogen-bond donors (Lipinski definition) is 2. The highest BCUT2D eigenvalue weighted by Gasteiger charge is 2.22. The molecule has 1 amide bonds. The van der Waals surface area contributed by atoms with E-state index in [4.69, 9.17) is 5.21 Å². The number of hydroxylamine groups is 1. The average Bonchev–Trinajstić information content (AvgIpc) is 3.62. The lowest BCUT2D eigenvalue weighted by Crippen LogP contribution is -2.34. The third-order valence-electron chi connectivity index (χ3n) is 8.22. The molecule has 0 saturated carbocycles. The largest absolute Gasteiger partial charge is 0.344 e. The van der Waals surface area contributed by atoms with Crippen LogP contribution in [0.15, 0.2) is 84.4 Å². The van der Waals surface area contributed by atoms with E-state index in [1.807, 2.05) is 23.7 Å². The number of likely N-dealkylation sites (tertiary alicyclic amines) is 1. The highest BCUT2D eigenvalue weighted by molar-refractivity contribution is 7.13. The standard InChI is InChI=1S/C33H34N4O2S/c1-23-30(20-24-9-11-27(12-10-24)32(38)35-39)29-7-2-3-8-31(29)37(23)22-25-13-16-36(17-14-25)21-26-5-4-6-28(19-26)33-34-15-18-40-33/h2-12,15,18-19,25,39H,13-14,16-17,20-22H2,1H3,(H,35,38). The molecule has 2 aromatic heterocycles. The smallest absolute Gasteiger partial charge is 0.274 e. The lowest BCUT2D eigenvalue weighted by Gasteiger charge is -2.32. The molecule has 0 radical (unpaired) electrons. The molecule has 40 heavy (non-hydrogen) atoms. The molecule has 1 aliphatic heterocycles. The zero-order valence-corrected chi connectivity index (χ0v) is 23.5. The zero-order chi connectivity index (χ0) is 27.5. The van der Waals surface area contributed by atoms with E-state index in [1.54, 1.807) is 28.9 Å². The Labute approximate surface area is 238 Å². The fourth-order valence-electron chi connectivity index (χ4n) is 6.02. The summed E-state index contributed by atoms with van der Waals surface area (Å²) in [5.41, 5.74) is 9.82. The summed E-state index contributed by atoms with van der Waals surface area (Å²) in [6, 6.07) is 25.0. The van der Waals surface area contributed by atoms with Crippen molar-refractivity contribution in [3.63, 3.8) is 0 Å². The van der Waals surface area contributed by atoms with Gasteiger partial charge in [-0.2, -0.15) is 0 Å². The maximum atomic E-state index is 11.7. The maximum absolute atomic E-state index is 11.7. The summed E-state index contributed by atoms with van der Waals surface area (Å²) in [5, 5.41) is 13.3. The lowest BCUT2D eigenvalue weighted by atomic mass is 9.96. The number of piperidine rings is 1. The number of nitrogens with zero attached hydrogens (tertiary/aromatic N) is 3. The van der Waals surface area contributed by atoms with Gasteiger partial charge in [-0.25, -0.2) is 10.5 Å². The molecule has 3 aromatic carbocycles. The Morgan fingerprint density at radius 3 is 2.58 bits per heavy atom. The fourth-order valence-corrected chi connectivity index (χ4v) is 6.65. The van der Waals surface area contributed by atoms with Crippen molar-refractivity contribution in [3.05, 3.63) is 112 Å². The number of para-hydroxylation sites is 1. The van der Waals surface area contributed by atoms with Gasteiger partial charge in [-0.05, 0) is 86.1 Å². The molecule has 0 unspecified atom stereocenters. The molecule has 5 aromatic rings. The minimum absolute atomic E-state index is 0.448. The normalized spacial score (nSPS) is 14.6. The van der Waals surface area contributed by atoms with Crippen LogP contribution in [0.5, 0.6) is 0 Å². The number of amides is 1. The summed E-state index contributed by atoms with van der Waals surface area (Å²) in [7, 11) is 0. The predicted molar refractivity (Wildman–Crippen MR) is 161 cm³/mol. The number of nitrogens with one attached hydrogen (secondary N) is 1. The van der Waals surface area contributed by atoms with Crippen LogP contribution < -0.4 is 5.48 Å². The number of thiazole rings is 1. The summed E-state index contributed by atoms with van der Waals surface area (Å²) in [4.78, 5) is 18.8. The van der Waals surface area contributed by atoms with Crippen molar-refractivity contribution in [2.24, 2.45) is 5.92 Å². The molecular formula is C33H34N4O2S. The summed E-state index contributed by atoms with van der Waals surface area (Å²) in [6.07, 6.45) is 5.07. The first-order chi connectivity index (χ1) is 19.6. The van der Waals surface area contributed by atoms with Crippen LogP contribution in [0.3, 0.4) is 0 Å². The monoisotopic (exact) mass is 550 g/mol. The minimum atomic E-state index is -0.491. The van der Waals surface area contributed by atoms with Crippen molar-refractivity contribution in [1.29, 1.82) is 0 Å². The zero-order valence-electron chi connectivity index (χ0n) is 22.7. The average molecular weight is 551 g/mol. The van der Waals surface area contributed by atoms with Gasteiger partial charge < -0.3 is 4.57 Å². The van der Waals surface area contributed by atoms with Gasteiger partial charge in [0, 0.05) is 52.4 Å². The van der Waals surface area contributed by atoms with Crippen molar-refractivity contribution in [3.8, 4) is 10.6 Å². The van der Waals surface area contributed by atoms with Crippen LogP contribution in [0, 0.1) is 12.8 Å². The topological polar surface area (TPSA) is 70.4 Å². The number of carbonyl (C=O) groups excluding carboxylic acids is 1. The molecule has 6 rings (SSSR count). The van der Waals surface area contributed by atoms with E-state index in [0.717, 1.165) is 43.2 Å². The van der Waals surface area contributed by atoms with Gasteiger partial charge in [0.1, 0.15) is 5.01 Å². The number of hydrogen-bond acceptors (Lipinski definition) is 5. The van der Waals surface area contributed by atoms with E-state index in [0.29, 0.717) is 11.5 Å². The molecule has 0 aliphatic carbocycles.